The maximum absolute atomic E-state index is 4.94. The first-order valence-electron chi connectivity index (χ1n) is 9.14. The highest BCUT2D eigenvalue weighted by atomic mass is 32.2. The van der Waals surface area contributed by atoms with E-state index in [4.69, 9.17) is 9.98 Å². The Bertz CT molecular complexity index is 705. The Morgan fingerprint density at radius 1 is 0.731 bits per heavy atom. The second-order valence-corrected chi connectivity index (χ2v) is 8.16. The van der Waals surface area contributed by atoms with Crippen LogP contribution in [0.25, 0.3) is 0 Å². The molecule has 4 heteroatoms. The lowest BCUT2D eigenvalue weighted by Gasteiger charge is -2.25. The zero-order valence-corrected chi connectivity index (χ0v) is 17.1. The Morgan fingerprint density at radius 2 is 1.15 bits per heavy atom. The van der Waals surface area contributed by atoms with E-state index in [0.29, 0.717) is 0 Å². The number of thioether (sulfide) groups is 2. The van der Waals surface area contributed by atoms with Gasteiger partial charge in [-0.15, -0.1) is 23.5 Å². The van der Waals surface area contributed by atoms with E-state index in [1.165, 1.54) is 33.8 Å². The quantitative estimate of drug-likeness (QED) is 0.453. The number of hydrogen-bond acceptors (Lipinski definition) is 4. The molecule has 0 spiro atoms. The topological polar surface area (TPSA) is 24.7 Å². The summed E-state index contributed by atoms with van der Waals surface area (Å²) in [4.78, 5) is 12.4. The summed E-state index contributed by atoms with van der Waals surface area (Å²) in [5.74, 6) is 0. The molecule has 1 aliphatic carbocycles. The van der Waals surface area contributed by atoms with E-state index in [1.807, 2.05) is 0 Å². The molecule has 0 N–H and O–H groups in total. The minimum atomic E-state index is 0.288. The van der Waals surface area contributed by atoms with Crippen LogP contribution >= 0.6 is 23.5 Å². The predicted octanol–water partition coefficient (Wildman–Crippen LogP) is 5.98. The maximum Gasteiger partial charge on any atom is 0.0723 e. The minimum Gasteiger partial charge on any atom is -0.287 e. The molecule has 2 atom stereocenters. The van der Waals surface area contributed by atoms with Gasteiger partial charge in [0, 0.05) is 33.3 Å². The first-order chi connectivity index (χ1) is 12.8. The van der Waals surface area contributed by atoms with Crippen molar-refractivity contribution in [2.24, 2.45) is 9.98 Å². The molecule has 0 radical (unpaired) electrons. The predicted molar refractivity (Wildman–Crippen MR) is 118 cm³/mol. The van der Waals surface area contributed by atoms with E-state index in [1.54, 1.807) is 23.5 Å². The van der Waals surface area contributed by atoms with Gasteiger partial charge in [-0.25, -0.2) is 0 Å². The summed E-state index contributed by atoms with van der Waals surface area (Å²) in [6.07, 6.45) is 13.1. The molecular weight excluding hydrogens is 356 g/mol. The number of hydrogen-bond donors (Lipinski definition) is 0. The van der Waals surface area contributed by atoms with Crippen LogP contribution in [0.15, 0.2) is 68.3 Å². The fourth-order valence-electron chi connectivity index (χ4n) is 3.34. The Kier molecular flexibility index (Phi) is 7.39. The number of nitrogens with zero attached hydrogens (tertiary/aromatic N) is 2. The van der Waals surface area contributed by atoms with Crippen molar-refractivity contribution in [1.29, 1.82) is 0 Å². The molecule has 0 amide bonds. The van der Waals surface area contributed by atoms with Gasteiger partial charge in [-0.2, -0.15) is 0 Å². The molecule has 0 bridgehead atoms. The second kappa shape index (κ2) is 9.98. The number of benzene rings is 2. The molecule has 0 heterocycles. The van der Waals surface area contributed by atoms with Crippen molar-refractivity contribution in [1.82, 2.24) is 0 Å². The summed E-state index contributed by atoms with van der Waals surface area (Å²) < 4.78 is 0. The molecule has 136 valence electrons. The number of rotatable bonds is 6. The van der Waals surface area contributed by atoms with Crippen molar-refractivity contribution in [2.75, 3.05) is 12.5 Å². The van der Waals surface area contributed by atoms with Crippen molar-refractivity contribution in [3.63, 3.8) is 0 Å². The van der Waals surface area contributed by atoms with E-state index < -0.39 is 0 Å². The largest absolute Gasteiger partial charge is 0.287 e. The van der Waals surface area contributed by atoms with Crippen LogP contribution in [0.2, 0.25) is 0 Å². The van der Waals surface area contributed by atoms with E-state index in [-0.39, 0.29) is 12.1 Å². The highest BCUT2D eigenvalue weighted by Crippen LogP contribution is 2.26. The van der Waals surface area contributed by atoms with E-state index in [9.17, 15) is 0 Å². The van der Waals surface area contributed by atoms with Crippen molar-refractivity contribution >= 4 is 36.0 Å². The molecule has 2 nitrogen and oxygen atoms in total. The highest BCUT2D eigenvalue weighted by Gasteiger charge is 2.23. The SMILES string of the molecule is CSc1ccccc1/C=N/C1CCCCC1/N=C/c1ccccc1SC. The van der Waals surface area contributed by atoms with E-state index >= 15 is 0 Å². The highest BCUT2D eigenvalue weighted by molar-refractivity contribution is 7.98. The zero-order valence-electron chi connectivity index (χ0n) is 15.5. The van der Waals surface area contributed by atoms with Gasteiger partial charge in [0.1, 0.15) is 0 Å². The Balaban J connectivity index is 1.75. The smallest absolute Gasteiger partial charge is 0.0723 e. The molecule has 3 rings (SSSR count). The third-order valence-electron chi connectivity index (χ3n) is 4.78. The Hall–Kier alpha value is -1.52. The van der Waals surface area contributed by atoms with Gasteiger partial charge in [-0.05, 0) is 37.5 Å². The average molecular weight is 383 g/mol. The maximum atomic E-state index is 4.94. The molecule has 0 saturated heterocycles. The normalized spacial score (nSPS) is 20.8. The molecule has 2 aromatic rings. The van der Waals surface area contributed by atoms with Crippen LogP contribution in [0.4, 0.5) is 0 Å². The third kappa shape index (κ3) is 5.01. The van der Waals surface area contributed by atoms with Gasteiger partial charge in [-0.3, -0.25) is 9.98 Å². The van der Waals surface area contributed by atoms with Gasteiger partial charge >= 0.3 is 0 Å². The first-order valence-corrected chi connectivity index (χ1v) is 11.6. The Morgan fingerprint density at radius 3 is 1.58 bits per heavy atom. The van der Waals surface area contributed by atoms with Gasteiger partial charge < -0.3 is 0 Å². The summed E-state index contributed by atoms with van der Waals surface area (Å²) in [6, 6.07) is 17.5. The van der Waals surface area contributed by atoms with Gasteiger partial charge in [0.2, 0.25) is 0 Å². The molecular formula is C22H26N2S2. The van der Waals surface area contributed by atoms with Gasteiger partial charge in [-0.1, -0.05) is 49.2 Å². The summed E-state index contributed by atoms with van der Waals surface area (Å²) in [5.41, 5.74) is 2.42. The van der Waals surface area contributed by atoms with Crippen LogP contribution in [0.5, 0.6) is 0 Å². The lowest BCUT2D eigenvalue weighted by molar-refractivity contribution is 0.390. The molecule has 26 heavy (non-hydrogen) atoms. The van der Waals surface area contributed by atoms with Crippen LogP contribution in [0, 0.1) is 0 Å². The third-order valence-corrected chi connectivity index (χ3v) is 6.41. The second-order valence-electron chi connectivity index (χ2n) is 6.46. The van der Waals surface area contributed by atoms with E-state index in [0.717, 1.165) is 12.8 Å². The molecule has 1 fully saturated rings. The van der Waals surface area contributed by atoms with Gasteiger partial charge in [0.25, 0.3) is 0 Å². The summed E-state index contributed by atoms with van der Waals surface area (Å²) in [6.45, 7) is 0. The minimum absolute atomic E-state index is 0.288. The van der Waals surface area contributed by atoms with Gasteiger partial charge in [0.15, 0.2) is 0 Å². The molecule has 1 aliphatic rings. The molecule has 2 unspecified atom stereocenters. The number of aliphatic imine (C=N–C) groups is 2. The average Bonchev–Trinajstić information content (AvgIpc) is 2.71. The van der Waals surface area contributed by atoms with Crippen LogP contribution in [0.3, 0.4) is 0 Å². The summed E-state index contributed by atoms with van der Waals surface area (Å²) in [5, 5.41) is 0. The molecule has 2 aromatic carbocycles. The first kappa shape index (κ1) is 19.2. The lowest BCUT2D eigenvalue weighted by atomic mass is 9.91. The van der Waals surface area contributed by atoms with Crippen LogP contribution in [-0.2, 0) is 0 Å². The molecule has 1 saturated carbocycles. The summed E-state index contributed by atoms with van der Waals surface area (Å²) >= 11 is 3.54. The molecule has 0 aliphatic heterocycles. The van der Waals surface area contributed by atoms with Crippen LogP contribution in [0.1, 0.15) is 36.8 Å². The Labute approximate surface area is 165 Å². The zero-order chi connectivity index (χ0) is 18.2. The fraction of sp³-hybridized carbons (Fsp3) is 0.364. The summed E-state index contributed by atoms with van der Waals surface area (Å²) in [7, 11) is 0. The van der Waals surface area contributed by atoms with Crippen LogP contribution in [-0.4, -0.2) is 37.0 Å². The van der Waals surface area contributed by atoms with Crippen molar-refractivity contribution in [3.8, 4) is 0 Å². The fourth-order valence-corrected chi connectivity index (χ4v) is 4.48. The van der Waals surface area contributed by atoms with Crippen molar-refractivity contribution < 1.29 is 0 Å². The van der Waals surface area contributed by atoms with E-state index in [2.05, 4.69) is 73.5 Å². The molecule has 0 aromatic heterocycles. The monoisotopic (exact) mass is 382 g/mol. The standard InChI is InChI=1S/C22H26N2S2/c1-25-21-13-7-3-9-17(21)15-23-19-11-5-6-12-20(19)24-16-18-10-4-8-14-22(18)26-2/h3-4,7-10,13-16,19-20H,5-6,11-12H2,1-2H3/b23-15+,24-16+. The van der Waals surface area contributed by atoms with Gasteiger partial charge in [0.05, 0.1) is 12.1 Å². The van der Waals surface area contributed by atoms with Crippen molar-refractivity contribution in [2.45, 2.75) is 47.6 Å². The van der Waals surface area contributed by atoms with Crippen LogP contribution < -0.4 is 0 Å². The van der Waals surface area contributed by atoms with Crippen molar-refractivity contribution in [3.05, 3.63) is 59.7 Å². The lowest BCUT2D eigenvalue weighted by Crippen LogP contribution is -2.27.